The lowest BCUT2D eigenvalue weighted by atomic mass is 9.88. The second-order valence-corrected chi connectivity index (χ2v) is 20.5. The summed E-state index contributed by atoms with van der Waals surface area (Å²) in [7, 11) is -2.58. The Morgan fingerprint density at radius 2 is 1.16 bits per heavy atom. The zero-order valence-corrected chi connectivity index (χ0v) is 37.2. The first kappa shape index (κ1) is 58.4. The number of alkyl halides is 17. The van der Waals surface area contributed by atoms with Crippen molar-refractivity contribution in [2.45, 2.75) is 118 Å². The van der Waals surface area contributed by atoms with Crippen LogP contribution in [0, 0.1) is 0 Å². The molecule has 0 aliphatic rings. The Labute approximate surface area is 373 Å². The van der Waals surface area contributed by atoms with Crippen LogP contribution in [-0.2, 0) is 18.7 Å². The highest BCUT2D eigenvalue weighted by molar-refractivity contribution is 6.76. The normalized spacial score (nSPS) is 14.5. The highest BCUT2D eigenvalue weighted by Gasteiger charge is 2.95. The molecular formula is C41H46F17NO7Si. The molecule has 2 rings (SSSR count). The van der Waals surface area contributed by atoms with Crippen molar-refractivity contribution in [3.8, 4) is 11.5 Å². The highest BCUT2D eigenvalue weighted by atomic mass is 28.4. The predicted octanol–water partition coefficient (Wildman–Crippen LogP) is 13.6. The van der Waals surface area contributed by atoms with Crippen LogP contribution in [0.25, 0.3) is 0 Å². The van der Waals surface area contributed by atoms with Gasteiger partial charge in [-0.15, -0.1) is 0 Å². The fourth-order valence-corrected chi connectivity index (χ4v) is 10.9. The summed E-state index contributed by atoms with van der Waals surface area (Å²) in [6.07, 6.45) is -9.87. The van der Waals surface area contributed by atoms with Gasteiger partial charge in [0.25, 0.3) is 0 Å². The number of carbonyl (C=O) groups excluding carboxylic acids is 2. The quantitative estimate of drug-likeness (QED) is 0.0264. The second-order valence-electron chi connectivity index (χ2n) is 15.5. The minimum absolute atomic E-state index is 0.0290. The van der Waals surface area contributed by atoms with Gasteiger partial charge in [0.2, 0.25) is 0 Å². The number of nitrogens with one attached hydrogen (secondary N) is 1. The zero-order chi connectivity index (χ0) is 51.8. The number of rotatable bonds is 25. The third-order valence-electron chi connectivity index (χ3n) is 10.3. The molecule has 0 fully saturated rings. The van der Waals surface area contributed by atoms with Crippen LogP contribution in [0.3, 0.4) is 0 Å². The maximum atomic E-state index is 15.0. The molecule has 67 heavy (non-hydrogen) atoms. The van der Waals surface area contributed by atoms with Crippen molar-refractivity contribution in [3.05, 3.63) is 78.4 Å². The number of benzene rings is 2. The Kier molecular flexibility index (Phi) is 18.9. The van der Waals surface area contributed by atoms with Crippen molar-refractivity contribution in [1.29, 1.82) is 0 Å². The van der Waals surface area contributed by atoms with Crippen LogP contribution < -0.4 is 14.8 Å². The molecule has 0 heterocycles. The average molecular weight is 1020 g/mol. The molecule has 0 radical (unpaired) electrons. The van der Waals surface area contributed by atoms with Crippen molar-refractivity contribution in [3.63, 3.8) is 0 Å². The molecule has 2 aromatic carbocycles. The van der Waals surface area contributed by atoms with Crippen LogP contribution in [0.4, 0.5) is 85.1 Å². The first-order valence-corrected chi connectivity index (χ1v) is 21.9. The van der Waals surface area contributed by atoms with E-state index in [0.717, 1.165) is 0 Å². The van der Waals surface area contributed by atoms with E-state index in [1.54, 1.807) is 19.1 Å². The summed E-state index contributed by atoms with van der Waals surface area (Å²) in [6.45, 7) is 9.19. The van der Waals surface area contributed by atoms with Gasteiger partial charge in [0.05, 0.1) is 13.7 Å². The number of halogens is 17. The van der Waals surface area contributed by atoms with Crippen LogP contribution in [0.2, 0.25) is 17.1 Å². The Morgan fingerprint density at radius 3 is 1.63 bits per heavy atom. The maximum absolute atomic E-state index is 15.0. The van der Waals surface area contributed by atoms with Gasteiger partial charge in [-0.3, -0.25) is 5.32 Å². The summed E-state index contributed by atoms with van der Waals surface area (Å²) in [6, 6.07) is 10.5. The van der Waals surface area contributed by atoms with Gasteiger partial charge < -0.3 is 23.4 Å². The number of ether oxygens (including phenoxy) is 4. The van der Waals surface area contributed by atoms with Crippen LogP contribution in [0.15, 0.2) is 72.8 Å². The Hall–Kier alpha value is -4.75. The van der Waals surface area contributed by atoms with E-state index in [2.05, 4.69) is 11.9 Å². The third kappa shape index (κ3) is 12.5. The minimum atomic E-state index is -8.71. The van der Waals surface area contributed by atoms with Crippen molar-refractivity contribution < 1.29 is 108 Å². The molecule has 0 saturated heterocycles. The lowest BCUT2D eigenvalue weighted by Crippen LogP contribution is -2.74. The standard InChI is InChI=1S/C41H46F17NO7Si/c1-8-18-64-32(60)23-26(6)22-31(66-33(61)59-28-11-15-29(62-7)16-12-28)27-9-13-30(14-10-27)63-19-20-65-67(24(2)3,25(4)5)21-17-34(42,43)35(44,45)36(46,47)37(48,49)38(50,51)39(52,53)40(54,55)41(56,57)58/h8-16,23-25,31H,1,17-22H2,2-7H3,(H,59,61)/b26-23+/t31-/m0/s1. The number of anilines is 1. The number of amides is 1. The molecule has 1 N–H and O–H groups in total. The summed E-state index contributed by atoms with van der Waals surface area (Å²) >= 11 is 0. The minimum Gasteiger partial charge on any atom is -0.497 e. The highest BCUT2D eigenvalue weighted by Crippen LogP contribution is 2.64. The zero-order valence-electron chi connectivity index (χ0n) is 36.2. The van der Waals surface area contributed by atoms with Crippen LogP contribution in [-0.4, -0.2) is 94.9 Å². The van der Waals surface area contributed by atoms with E-state index in [1.165, 1.54) is 83.4 Å². The van der Waals surface area contributed by atoms with Crippen molar-refractivity contribution in [2.24, 2.45) is 0 Å². The van der Waals surface area contributed by atoms with Crippen molar-refractivity contribution in [2.75, 3.05) is 32.2 Å². The van der Waals surface area contributed by atoms with E-state index in [9.17, 15) is 75.4 Å². The van der Waals surface area contributed by atoms with Gasteiger partial charge in [-0.25, -0.2) is 9.59 Å². The predicted molar refractivity (Wildman–Crippen MR) is 209 cm³/mol. The molecule has 0 aromatic heterocycles. The van der Waals surface area contributed by atoms with Gasteiger partial charge in [0, 0.05) is 24.6 Å². The molecule has 8 nitrogen and oxygen atoms in total. The molecule has 0 aliphatic heterocycles. The Balaban J connectivity index is 2.30. The molecule has 380 valence electrons. The van der Waals surface area contributed by atoms with Crippen LogP contribution in [0.5, 0.6) is 11.5 Å². The summed E-state index contributed by atoms with van der Waals surface area (Å²) in [5, 5.41) is 2.54. The van der Waals surface area contributed by atoms with Crippen molar-refractivity contribution >= 4 is 26.1 Å². The molecule has 1 amide bonds. The lowest BCUT2D eigenvalue weighted by molar-refractivity contribution is -0.461. The molecule has 0 saturated carbocycles. The largest absolute Gasteiger partial charge is 0.497 e. The van der Waals surface area contributed by atoms with Gasteiger partial charge in [0.1, 0.15) is 30.8 Å². The summed E-state index contributed by atoms with van der Waals surface area (Å²) in [5.74, 6) is -57.0. The summed E-state index contributed by atoms with van der Waals surface area (Å²) in [5.41, 5.74) is -0.671. The Bertz CT molecular complexity index is 1990. The van der Waals surface area contributed by atoms with E-state index in [0.29, 0.717) is 22.6 Å². The number of esters is 1. The molecular weight excluding hydrogens is 970 g/mol. The fourth-order valence-electron chi connectivity index (χ4n) is 6.44. The van der Waals surface area contributed by atoms with Crippen LogP contribution in [0.1, 0.15) is 59.1 Å². The van der Waals surface area contributed by atoms with Gasteiger partial charge >= 0.3 is 59.7 Å². The third-order valence-corrected chi connectivity index (χ3v) is 16.0. The smallest absolute Gasteiger partial charge is 0.460 e. The average Bonchev–Trinajstić information content (AvgIpc) is 3.21. The number of hydrogen-bond acceptors (Lipinski definition) is 7. The molecule has 2 aromatic rings. The molecule has 0 aliphatic carbocycles. The second kappa shape index (κ2) is 21.7. The monoisotopic (exact) mass is 1020 g/mol. The topological polar surface area (TPSA) is 92.3 Å². The van der Waals surface area contributed by atoms with Gasteiger partial charge in [-0.1, -0.05) is 58.1 Å². The Morgan fingerprint density at radius 1 is 0.687 bits per heavy atom. The maximum Gasteiger partial charge on any atom is 0.460 e. The summed E-state index contributed by atoms with van der Waals surface area (Å²) < 4.78 is 263. The van der Waals surface area contributed by atoms with E-state index >= 15 is 8.78 Å². The van der Waals surface area contributed by atoms with Crippen molar-refractivity contribution in [1.82, 2.24) is 0 Å². The molecule has 0 bridgehead atoms. The van der Waals surface area contributed by atoms with Gasteiger partial charge in [-0.05, 0) is 66.0 Å². The van der Waals surface area contributed by atoms with E-state index in [4.69, 9.17) is 23.4 Å². The van der Waals surface area contributed by atoms with E-state index in [-0.39, 0.29) is 18.8 Å². The van der Waals surface area contributed by atoms with Gasteiger partial charge in [0.15, 0.2) is 8.32 Å². The molecule has 1 atom stereocenters. The lowest BCUT2D eigenvalue weighted by Gasteiger charge is -2.44. The van der Waals surface area contributed by atoms with Gasteiger partial charge in [-0.2, -0.15) is 74.6 Å². The number of carbonyl (C=O) groups is 2. The number of methoxy groups -OCH3 is 1. The molecule has 0 spiro atoms. The first-order chi connectivity index (χ1) is 30.4. The van der Waals surface area contributed by atoms with E-state index in [1.807, 2.05) is 0 Å². The summed E-state index contributed by atoms with van der Waals surface area (Å²) in [4.78, 5) is 25.0. The fraction of sp³-hybridized carbons (Fsp3) is 0.561. The van der Waals surface area contributed by atoms with E-state index < -0.39 is 111 Å². The van der Waals surface area contributed by atoms with Crippen LogP contribution >= 0.6 is 0 Å². The molecule has 0 unspecified atom stereocenters. The molecule has 26 heteroatoms. The number of hydrogen-bond donors (Lipinski definition) is 1. The SMILES string of the molecule is C=CCOC(=O)/C=C(\C)C[C@H](OC(=O)Nc1ccc(OC)cc1)c1ccc(OCCO[Si](CCC(F)(F)C(F)(F)C(F)(F)C(F)(F)C(F)(F)C(F)(F)C(F)(F)C(F)(F)F)(C(C)C)C(C)C)cc1. The first-order valence-electron chi connectivity index (χ1n) is 19.6.